The maximum absolute atomic E-state index is 12.0. The molecule has 0 aromatic carbocycles. The molecule has 2 N–H and O–H groups in total. The first-order chi connectivity index (χ1) is 7.40. The highest BCUT2D eigenvalue weighted by Crippen LogP contribution is 2.29. The molecule has 0 radical (unpaired) electrons. The molecule has 0 unspecified atom stereocenters. The van der Waals surface area contributed by atoms with Gasteiger partial charge >= 0.3 is 0 Å². The molecule has 0 bridgehead atoms. The average Bonchev–Trinajstić information content (AvgIpc) is 2.55. The molecule has 92 valence electrons. The zero-order chi connectivity index (χ0) is 12.3. The van der Waals surface area contributed by atoms with Crippen LogP contribution in [0.5, 0.6) is 0 Å². The van der Waals surface area contributed by atoms with Gasteiger partial charge in [-0.05, 0) is 35.3 Å². The van der Waals surface area contributed by atoms with E-state index in [1.807, 2.05) is 6.92 Å². The first-order valence-corrected chi connectivity index (χ1v) is 7.89. The van der Waals surface area contributed by atoms with Crippen LogP contribution in [0.1, 0.15) is 18.2 Å². The van der Waals surface area contributed by atoms with Crippen molar-refractivity contribution in [2.45, 2.75) is 31.2 Å². The number of rotatable bonds is 5. The van der Waals surface area contributed by atoms with Crippen LogP contribution in [-0.4, -0.2) is 26.2 Å². The lowest BCUT2D eigenvalue weighted by Gasteiger charge is -2.13. The number of aryl methyl sites for hydroxylation is 1. The summed E-state index contributed by atoms with van der Waals surface area (Å²) in [6.45, 7) is 3.38. The summed E-state index contributed by atoms with van der Waals surface area (Å²) in [5.41, 5.74) is 0. The Bertz CT molecular complexity index is 451. The minimum atomic E-state index is -3.52. The van der Waals surface area contributed by atoms with Gasteiger partial charge in [-0.2, -0.15) is 0 Å². The van der Waals surface area contributed by atoms with Crippen molar-refractivity contribution in [3.8, 4) is 0 Å². The van der Waals surface area contributed by atoms with Gasteiger partial charge in [0.1, 0.15) is 0 Å². The van der Waals surface area contributed by atoms with Gasteiger partial charge < -0.3 is 5.11 Å². The number of aliphatic hydroxyl groups is 1. The van der Waals surface area contributed by atoms with Crippen LogP contribution in [0, 0.1) is 6.92 Å². The van der Waals surface area contributed by atoms with E-state index in [0.29, 0.717) is 6.42 Å². The van der Waals surface area contributed by atoms with Gasteiger partial charge in [-0.3, -0.25) is 0 Å². The van der Waals surface area contributed by atoms with Crippen LogP contribution in [0.2, 0.25) is 0 Å². The van der Waals surface area contributed by atoms with Gasteiger partial charge in [0.2, 0.25) is 10.0 Å². The molecule has 0 spiro atoms. The van der Waals surface area contributed by atoms with Gasteiger partial charge in [-0.1, -0.05) is 6.92 Å². The summed E-state index contributed by atoms with van der Waals surface area (Å²) in [4.78, 5) is 1.00. The first-order valence-electron chi connectivity index (χ1n) is 4.79. The van der Waals surface area contributed by atoms with Crippen LogP contribution in [0.3, 0.4) is 0 Å². The zero-order valence-corrected chi connectivity index (χ0v) is 12.2. The predicted octanol–water partition coefficient (Wildman–Crippen LogP) is 1.87. The van der Waals surface area contributed by atoms with Crippen molar-refractivity contribution < 1.29 is 13.5 Å². The molecule has 0 aliphatic carbocycles. The van der Waals surface area contributed by atoms with E-state index in [1.54, 1.807) is 13.0 Å². The maximum Gasteiger partial charge on any atom is 0.242 e. The Morgan fingerprint density at radius 2 is 2.25 bits per heavy atom. The van der Waals surface area contributed by atoms with Crippen molar-refractivity contribution >= 4 is 37.3 Å². The molecular weight excluding hydrogens is 314 g/mol. The van der Waals surface area contributed by atoms with E-state index in [2.05, 4.69) is 20.7 Å². The number of aliphatic hydroxyl groups excluding tert-OH is 1. The van der Waals surface area contributed by atoms with E-state index in [9.17, 15) is 8.42 Å². The second-order valence-corrected chi connectivity index (χ2v) is 7.70. The molecule has 1 rings (SSSR count). The van der Waals surface area contributed by atoms with Gasteiger partial charge in [0.15, 0.2) is 0 Å². The Hall–Kier alpha value is 0.0500. The molecule has 1 heterocycles. The standard InChI is InChI=1S/C9H14BrNO3S2/c1-3-7(5-12)11-16(13,14)8-4-9(10)15-6(8)2/h4,7,11-12H,3,5H2,1-2H3/t7-/m1/s1. The van der Waals surface area contributed by atoms with Crippen LogP contribution in [0.4, 0.5) is 0 Å². The Kier molecular flexibility index (Phi) is 4.93. The minimum Gasteiger partial charge on any atom is -0.395 e. The van der Waals surface area contributed by atoms with E-state index in [-0.39, 0.29) is 11.5 Å². The molecule has 0 saturated heterocycles. The van der Waals surface area contributed by atoms with E-state index in [4.69, 9.17) is 5.11 Å². The lowest BCUT2D eigenvalue weighted by Crippen LogP contribution is -2.36. The third-order valence-corrected chi connectivity index (χ3v) is 5.50. The highest BCUT2D eigenvalue weighted by molar-refractivity contribution is 9.11. The highest BCUT2D eigenvalue weighted by Gasteiger charge is 2.22. The second kappa shape index (κ2) is 5.59. The topological polar surface area (TPSA) is 66.4 Å². The van der Waals surface area contributed by atoms with Crippen molar-refractivity contribution in [2.24, 2.45) is 0 Å². The maximum atomic E-state index is 12.0. The summed E-state index contributed by atoms with van der Waals surface area (Å²) >= 11 is 4.63. The van der Waals surface area contributed by atoms with Crippen LogP contribution < -0.4 is 4.72 Å². The highest BCUT2D eigenvalue weighted by atomic mass is 79.9. The normalized spacial score (nSPS) is 14.0. The molecular formula is C9H14BrNO3S2. The number of sulfonamides is 1. The first kappa shape index (κ1) is 14.1. The molecule has 0 saturated carbocycles. The molecule has 1 aromatic rings. The van der Waals surface area contributed by atoms with Crippen LogP contribution in [0.15, 0.2) is 14.7 Å². The molecule has 0 aliphatic heterocycles. The van der Waals surface area contributed by atoms with Gasteiger partial charge in [-0.25, -0.2) is 13.1 Å². The molecule has 7 heteroatoms. The minimum absolute atomic E-state index is 0.194. The van der Waals surface area contributed by atoms with Crippen molar-refractivity contribution in [1.29, 1.82) is 0 Å². The molecule has 16 heavy (non-hydrogen) atoms. The predicted molar refractivity (Wildman–Crippen MR) is 68.2 cm³/mol. The summed E-state index contributed by atoms with van der Waals surface area (Å²) in [6, 6.07) is 1.15. The van der Waals surface area contributed by atoms with Gasteiger partial charge in [0.05, 0.1) is 15.3 Å². The number of hydrogen-bond acceptors (Lipinski definition) is 4. The van der Waals surface area contributed by atoms with Crippen molar-refractivity contribution in [2.75, 3.05) is 6.61 Å². The van der Waals surface area contributed by atoms with Crippen molar-refractivity contribution in [3.05, 3.63) is 14.7 Å². The Labute approximate surface area is 108 Å². The van der Waals surface area contributed by atoms with E-state index < -0.39 is 16.1 Å². The fraction of sp³-hybridized carbons (Fsp3) is 0.556. The number of nitrogens with one attached hydrogen (secondary N) is 1. The molecule has 0 aliphatic rings. The zero-order valence-electron chi connectivity index (χ0n) is 9.03. The fourth-order valence-electron chi connectivity index (χ4n) is 1.23. The van der Waals surface area contributed by atoms with Crippen LogP contribution >= 0.6 is 27.3 Å². The summed E-state index contributed by atoms with van der Waals surface area (Å²) < 4.78 is 27.2. The van der Waals surface area contributed by atoms with E-state index >= 15 is 0 Å². The third-order valence-electron chi connectivity index (χ3n) is 2.17. The Morgan fingerprint density at radius 1 is 1.62 bits per heavy atom. The lowest BCUT2D eigenvalue weighted by molar-refractivity contribution is 0.254. The van der Waals surface area contributed by atoms with E-state index in [0.717, 1.165) is 8.66 Å². The van der Waals surface area contributed by atoms with E-state index in [1.165, 1.54) is 11.3 Å². The number of halogens is 1. The molecule has 4 nitrogen and oxygen atoms in total. The van der Waals surface area contributed by atoms with Crippen LogP contribution in [0.25, 0.3) is 0 Å². The van der Waals surface area contributed by atoms with Gasteiger partial charge in [0.25, 0.3) is 0 Å². The average molecular weight is 328 g/mol. The Morgan fingerprint density at radius 3 is 2.62 bits per heavy atom. The molecule has 0 fully saturated rings. The quantitative estimate of drug-likeness (QED) is 0.867. The third kappa shape index (κ3) is 3.27. The molecule has 1 atom stereocenters. The number of thiophene rings is 1. The van der Waals surface area contributed by atoms with Crippen molar-refractivity contribution in [3.63, 3.8) is 0 Å². The summed E-state index contributed by atoms with van der Waals surface area (Å²) in [5.74, 6) is 0. The number of hydrogen-bond donors (Lipinski definition) is 2. The molecule has 0 amide bonds. The second-order valence-electron chi connectivity index (χ2n) is 3.38. The summed E-state index contributed by atoms with van der Waals surface area (Å²) in [7, 11) is -3.52. The lowest BCUT2D eigenvalue weighted by atomic mass is 10.3. The largest absolute Gasteiger partial charge is 0.395 e. The monoisotopic (exact) mass is 327 g/mol. The summed E-state index contributed by atoms with van der Waals surface area (Å²) in [5, 5.41) is 8.98. The van der Waals surface area contributed by atoms with Crippen molar-refractivity contribution in [1.82, 2.24) is 4.72 Å². The SMILES string of the molecule is CC[C@H](CO)NS(=O)(=O)c1cc(Br)sc1C. The Balaban J connectivity index is 2.98. The van der Waals surface area contributed by atoms with Crippen LogP contribution in [-0.2, 0) is 10.0 Å². The van der Waals surface area contributed by atoms with Gasteiger partial charge in [-0.15, -0.1) is 11.3 Å². The fourth-order valence-corrected chi connectivity index (χ4v) is 4.95. The molecule has 1 aromatic heterocycles. The van der Waals surface area contributed by atoms with Gasteiger partial charge in [0, 0.05) is 10.9 Å². The summed E-state index contributed by atoms with van der Waals surface area (Å²) in [6.07, 6.45) is 0.556. The smallest absolute Gasteiger partial charge is 0.242 e.